The average molecular weight is 347 g/mol. The molecule has 0 radical (unpaired) electrons. The number of thiazole rings is 1. The average Bonchev–Trinajstić information content (AvgIpc) is 3.06. The molecule has 2 aromatic rings. The van der Waals surface area contributed by atoms with Gasteiger partial charge in [-0.3, -0.25) is 14.4 Å². The van der Waals surface area contributed by atoms with Gasteiger partial charge in [-0.05, 0) is 19.8 Å². The van der Waals surface area contributed by atoms with Crippen molar-refractivity contribution in [2.45, 2.75) is 33.2 Å². The molecule has 1 amide bonds. The first-order valence-electron chi connectivity index (χ1n) is 8.52. The van der Waals surface area contributed by atoms with Gasteiger partial charge >= 0.3 is 0 Å². The zero-order valence-corrected chi connectivity index (χ0v) is 15.5. The topological polar surface area (TPSA) is 54.3 Å². The van der Waals surface area contributed by atoms with Crippen LogP contribution >= 0.6 is 11.3 Å². The number of nitrogens with zero attached hydrogens (tertiary/aromatic N) is 5. The van der Waals surface area contributed by atoms with E-state index in [1.807, 2.05) is 29.7 Å². The standard InChI is InChI=1S/C17H25N5OS/c1-4-15-19-13(2)16(24-15)17(23)22-7-5-6-21(8-9-22)12-14-10-18-20(3)11-14/h10-11H,4-9,12H2,1-3H3. The van der Waals surface area contributed by atoms with Crippen molar-refractivity contribution in [2.24, 2.45) is 7.05 Å². The van der Waals surface area contributed by atoms with E-state index in [2.05, 4.69) is 28.1 Å². The highest BCUT2D eigenvalue weighted by Crippen LogP contribution is 2.21. The Bertz CT molecular complexity index is 708. The highest BCUT2D eigenvalue weighted by Gasteiger charge is 2.24. The number of rotatable bonds is 4. The lowest BCUT2D eigenvalue weighted by molar-refractivity contribution is 0.0765. The Labute approximate surface area is 147 Å². The molecule has 24 heavy (non-hydrogen) atoms. The Balaban J connectivity index is 1.62. The maximum absolute atomic E-state index is 12.8. The van der Waals surface area contributed by atoms with Gasteiger partial charge in [0.1, 0.15) is 4.88 Å². The van der Waals surface area contributed by atoms with E-state index in [0.29, 0.717) is 0 Å². The summed E-state index contributed by atoms with van der Waals surface area (Å²) in [7, 11) is 1.94. The Morgan fingerprint density at radius 3 is 2.79 bits per heavy atom. The number of hydrogen-bond donors (Lipinski definition) is 0. The van der Waals surface area contributed by atoms with Crippen LogP contribution in [0.5, 0.6) is 0 Å². The van der Waals surface area contributed by atoms with E-state index in [4.69, 9.17) is 0 Å². The van der Waals surface area contributed by atoms with Crippen molar-refractivity contribution in [3.63, 3.8) is 0 Å². The van der Waals surface area contributed by atoms with Crippen LogP contribution in [0, 0.1) is 6.92 Å². The lowest BCUT2D eigenvalue weighted by atomic mass is 10.3. The summed E-state index contributed by atoms with van der Waals surface area (Å²) in [6.07, 6.45) is 5.86. The van der Waals surface area contributed by atoms with Crippen LogP contribution in [0.15, 0.2) is 12.4 Å². The van der Waals surface area contributed by atoms with Gasteiger partial charge in [0, 0.05) is 51.5 Å². The second-order valence-electron chi connectivity index (χ2n) is 6.32. The normalized spacial score (nSPS) is 16.4. The zero-order valence-electron chi connectivity index (χ0n) is 14.7. The van der Waals surface area contributed by atoms with Gasteiger partial charge in [0.25, 0.3) is 5.91 Å². The van der Waals surface area contributed by atoms with Crippen molar-refractivity contribution in [2.75, 3.05) is 26.2 Å². The molecule has 0 unspecified atom stereocenters. The molecule has 3 rings (SSSR count). The van der Waals surface area contributed by atoms with E-state index in [9.17, 15) is 4.79 Å². The van der Waals surface area contributed by atoms with E-state index in [-0.39, 0.29) is 5.91 Å². The summed E-state index contributed by atoms with van der Waals surface area (Å²) in [5.74, 6) is 0.146. The Kier molecular flexibility index (Phi) is 5.30. The molecule has 7 heteroatoms. The monoisotopic (exact) mass is 347 g/mol. The van der Waals surface area contributed by atoms with E-state index >= 15 is 0 Å². The molecule has 0 aromatic carbocycles. The van der Waals surface area contributed by atoms with Crippen LogP contribution in [-0.2, 0) is 20.0 Å². The molecule has 1 fully saturated rings. The number of aromatic nitrogens is 3. The Hall–Kier alpha value is -1.73. The van der Waals surface area contributed by atoms with E-state index in [1.165, 1.54) is 5.56 Å². The van der Waals surface area contributed by atoms with Crippen LogP contribution in [0.4, 0.5) is 0 Å². The Morgan fingerprint density at radius 2 is 2.12 bits per heavy atom. The summed E-state index contributed by atoms with van der Waals surface area (Å²) in [6, 6.07) is 0. The SMILES string of the molecule is CCc1nc(C)c(C(=O)N2CCCN(Cc3cnn(C)c3)CC2)s1. The van der Waals surface area contributed by atoms with E-state index in [1.54, 1.807) is 11.3 Å². The van der Waals surface area contributed by atoms with Gasteiger partial charge in [0.05, 0.1) is 16.9 Å². The van der Waals surface area contributed by atoms with Gasteiger partial charge < -0.3 is 4.90 Å². The fourth-order valence-corrected chi connectivity index (χ4v) is 4.06. The number of carbonyl (C=O) groups excluding carboxylic acids is 1. The maximum atomic E-state index is 12.8. The summed E-state index contributed by atoms with van der Waals surface area (Å²) in [5.41, 5.74) is 2.10. The van der Waals surface area contributed by atoms with Gasteiger partial charge in [0.15, 0.2) is 0 Å². The molecule has 3 heterocycles. The number of aryl methyl sites for hydroxylation is 3. The molecular weight excluding hydrogens is 322 g/mol. The maximum Gasteiger partial charge on any atom is 0.265 e. The summed E-state index contributed by atoms with van der Waals surface area (Å²) in [5, 5.41) is 5.27. The summed E-state index contributed by atoms with van der Waals surface area (Å²) in [4.78, 5) is 22.5. The minimum atomic E-state index is 0.146. The highest BCUT2D eigenvalue weighted by atomic mass is 32.1. The van der Waals surface area contributed by atoms with Crippen LogP contribution in [0.3, 0.4) is 0 Å². The first-order valence-corrected chi connectivity index (χ1v) is 9.34. The van der Waals surface area contributed by atoms with Crippen molar-refractivity contribution in [1.29, 1.82) is 0 Å². The summed E-state index contributed by atoms with van der Waals surface area (Å²) < 4.78 is 1.83. The molecule has 0 aliphatic carbocycles. The number of amides is 1. The van der Waals surface area contributed by atoms with Crippen molar-refractivity contribution < 1.29 is 4.79 Å². The van der Waals surface area contributed by atoms with Crippen LogP contribution in [0.2, 0.25) is 0 Å². The second kappa shape index (κ2) is 7.44. The van der Waals surface area contributed by atoms with E-state index in [0.717, 1.165) is 61.1 Å². The van der Waals surface area contributed by atoms with Crippen molar-refractivity contribution in [3.05, 3.63) is 33.5 Å². The summed E-state index contributed by atoms with van der Waals surface area (Å²) in [6.45, 7) is 8.43. The van der Waals surface area contributed by atoms with Gasteiger partial charge in [-0.25, -0.2) is 4.98 Å². The molecule has 0 bridgehead atoms. The lowest BCUT2D eigenvalue weighted by Crippen LogP contribution is -2.35. The molecule has 1 aliphatic heterocycles. The zero-order chi connectivity index (χ0) is 17.1. The fourth-order valence-electron chi connectivity index (χ4n) is 3.09. The van der Waals surface area contributed by atoms with E-state index < -0.39 is 0 Å². The van der Waals surface area contributed by atoms with Crippen molar-refractivity contribution >= 4 is 17.2 Å². The summed E-state index contributed by atoms with van der Waals surface area (Å²) >= 11 is 1.55. The smallest absolute Gasteiger partial charge is 0.265 e. The predicted octanol–water partition coefficient (Wildman–Crippen LogP) is 2.10. The molecule has 1 aliphatic rings. The molecule has 1 saturated heterocycles. The molecule has 2 aromatic heterocycles. The number of carbonyl (C=O) groups is 1. The minimum absolute atomic E-state index is 0.146. The molecule has 130 valence electrons. The highest BCUT2D eigenvalue weighted by molar-refractivity contribution is 7.13. The van der Waals surface area contributed by atoms with Gasteiger partial charge in [-0.2, -0.15) is 5.10 Å². The molecule has 0 N–H and O–H groups in total. The fraction of sp³-hybridized carbons (Fsp3) is 0.588. The molecule has 0 atom stereocenters. The van der Waals surface area contributed by atoms with Crippen LogP contribution in [0.1, 0.15) is 39.3 Å². The Morgan fingerprint density at radius 1 is 1.29 bits per heavy atom. The lowest BCUT2D eigenvalue weighted by Gasteiger charge is -2.21. The second-order valence-corrected chi connectivity index (χ2v) is 7.40. The molecule has 0 spiro atoms. The minimum Gasteiger partial charge on any atom is -0.337 e. The van der Waals surface area contributed by atoms with Crippen molar-refractivity contribution in [3.8, 4) is 0 Å². The first kappa shape index (κ1) is 17.1. The largest absolute Gasteiger partial charge is 0.337 e. The van der Waals surface area contributed by atoms with Gasteiger partial charge in [-0.15, -0.1) is 11.3 Å². The number of hydrogen-bond acceptors (Lipinski definition) is 5. The van der Waals surface area contributed by atoms with Crippen LogP contribution in [0.25, 0.3) is 0 Å². The van der Waals surface area contributed by atoms with Gasteiger partial charge in [0.2, 0.25) is 0 Å². The molecular formula is C17H25N5OS. The molecule has 0 saturated carbocycles. The third kappa shape index (κ3) is 3.84. The van der Waals surface area contributed by atoms with Crippen LogP contribution in [-0.4, -0.2) is 56.7 Å². The van der Waals surface area contributed by atoms with Crippen molar-refractivity contribution in [1.82, 2.24) is 24.6 Å². The predicted molar refractivity (Wildman–Crippen MR) is 95.2 cm³/mol. The third-order valence-corrected chi connectivity index (χ3v) is 5.67. The van der Waals surface area contributed by atoms with Gasteiger partial charge in [-0.1, -0.05) is 6.92 Å². The quantitative estimate of drug-likeness (QED) is 0.850. The van der Waals surface area contributed by atoms with Crippen LogP contribution < -0.4 is 0 Å². The first-order chi connectivity index (χ1) is 11.6. The molecule has 6 nitrogen and oxygen atoms in total. The third-order valence-electron chi connectivity index (χ3n) is 4.38.